The van der Waals surface area contributed by atoms with Crippen LogP contribution in [0.2, 0.25) is 0 Å². The zero-order valence-electron chi connectivity index (χ0n) is 11.4. The normalized spacial score (nSPS) is 18.8. The van der Waals surface area contributed by atoms with Crippen LogP contribution in [0.5, 0.6) is 0 Å². The molecule has 0 aliphatic carbocycles. The van der Waals surface area contributed by atoms with Crippen molar-refractivity contribution in [3.8, 4) is 0 Å². The average Bonchev–Trinajstić information content (AvgIpc) is 2.71. The molecule has 20 heavy (non-hydrogen) atoms. The Kier molecular flexibility index (Phi) is 3.66. The molecule has 0 saturated carbocycles. The molecule has 0 radical (unpaired) electrons. The summed E-state index contributed by atoms with van der Waals surface area (Å²) in [7, 11) is -3.74. The first kappa shape index (κ1) is 15.0. The van der Waals surface area contributed by atoms with Crippen LogP contribution in [0, 0.1) is 0 Å². The molecule has 0 unspecified atom stereocenters. The van der Waals surface area contributed by atoms with E-state index in [1.54, 1.807) is 6.92 Å². The minimum absolute atomic E-state index is 0.0245. The van der Waals surface area contributed by atoms with Gasteiger partial charge in [-0.05, 0) is 19.4 Å². The molecule has 2 N–H and O–H groups in total. The summed E-state index contributed by atoms with van der Waals surface area (Å²) >= 11 is 0. The van der Waals surface area contributed by atoms with Gasteiger partial charge in [0.25, 0.3) is 0 Å². The van der Waals surface area contributed by atoms with Crippen molar-refractivity contribution in [3.05, 3.63) is 18.0 Å². The lowest BCUT2D eigenvalue weighted by Gasteiger charge is -2.42. The Morgan fingerprint density at radius 1 is 1.45 bits per heavy atom. The van der Waals surface area contributed by atoms with E-state index in [1.807, 2.05) is 6.92 Å². The van der Waals surface area contributed by atoms with Crippen molar-refractivity contribution >= 4 is 16.0 Å². The highest BCUT2D eigenvalue weighted by atomic mass is 32.2. The maximum Gasteiger partial charge on any atom is 0.352 e. The second-order valence-electron chi connectivity index (χ2n) is 5.33. The molecular formula is C12H18N2O5S. The molecule has 1 aliphatic heterocycles. The second kappa shape index (κ2) is 4.87. The van der Waals surface area contributed by atoms with Crippen molar-refractivity contribution in [3.63, 3.8) is 0 Å². The Bertz CT molecular complexity index is 624. The van der Waals surface area contributed by atoms with E-state index in [-0.39, 0.29) is 23.7 Å². The van der Waals surface area contributed by atoms with E-state index < -0.39 is 21.6 Å². The van der Waals surface area contributed by atoms with Crippen LogP contribution in [0.15, 0.2) is 17.2 Å². The van der Waals surface area contributed by atoms with E-state index in [0.29, 0.717) is 13.0 Å². The largest absolute Gasteiger partial charge is 0.477 e. The number of carbonyl (C=O) groups is 1. The van der Waals surface area contributed by atoms with Gasteiger partial charge in [-0.2, -0.15) is 4.31 Å². The highest BCUT2D eigenvalue weighted by Gasteiger charge is 2.44. The van der Waals surface area contributed by atoms with Gasteiger partial charge in [-0.15, -0.1) is 0 Å². The van der Waals surface area contributed by atoms with Gasteiger partial charge in [0.1, 0.15) is 10.6 Å². The van der Waals surface area contributed by atoms with Crippen molar-refractivity contribution in [2.75, 3.05) is 13.1 Å². The van der Waals surface area contributed by atoms with Crippen LogP contribution in [-0.4, -0.2) is 52.2 Å². The van der Waals surface area contributed by atoms with E-state index in [4.69, 9.17) is 5.11 Å². The number of carboxylic acid groups (broad SMARTS) is 1. The molecule has 0 spiro atoms. The second-order valence-corrected chi connectivity index (χ2v) is 7.27. The summed E-state index contributed by atoms with van der Waals surface area (Å²) in [6.07, 6.45) is 2.04. The summed E-state index contributed by atoms with van der Waals surface area (Å²) in [5.74, 6) is -1.16. The lowest BCUT2D eigenvalue weighted by atomic mass is 10.0. The van der Waals surface area contributed by atoms with Crippen molar-refractivity contribution < 1.29 is 23.4 Å². The fourth-order valence-corrected chi connectivity index (χ4v) is 3.98. The summed E-state index contributed by atoms with van der Waals surface area (Å²) < 4.78 is 27.2. The predicted molar refractivity (Wildman–Crippen MR) is 71.1 cm³/mol. The first-order valence-corrected chi connectivity index (χ1v) is 7.77. The zero-order chi connectivity index (χ0) is 15.1. The van der Waals surface area contributed by atoms with Crippen molar-refractivity contribution in [1.29, 1.82) is 0 Å². The molecule has 0 bridgehead atoms. The molecule has 8 heteroatoms. The number of aryl methyl sites for hydroxylation is 1. The predicted octanol–water partition coefficient (Wildman–Crippen LogP) is 0.352. The Hall–Kier alpha value is -1.38. The van der Waals surface area contributed by atoms with Crippen molar-refractivity contribution in [2.45, 2.75) is 37.3 Å². The van der Waals surface area contributed by atoms with Gasteiger partial charge in [-0.25, -0.2) is 13.2 Å². The molecular weight excluding hydrogens is 284 g/mol. The van der Waals surface area contributed by atoms with Crippen LogP contribution in [0.1, 0.15) is 30.8 Å². The van der Waals surface area contributed by atoms with Gasteiger partial charge in [0.2, 0.25) is 10.0 Å². The fraction of sp³-hybridized carbons (Fsp3) is 0.583. The Labute approximate surface area is 117 Å². The third-order valence-corrected chi connectivity index (χ3v) is 4.98. The van der Waals surface area contributed by atoms with Gasteiger partial charge >= 0.3 is 5.97 Å². The molecule has 0 aromatic carbocycles. The number of nitrogens with zero attached hydrogens (tertiary/aromatic N) is 2. The van der Waals surface area contributed by atoms with Crippen LogP contribution >= 0.6 is 0 Å². The Morgan fingerprint density at radius 3 is 2.50 bits per heavy atom. The lowest BCUT2D eigenvalue weighted by molar-refractivity contribution is -0.0426. The number of hydrogen-bond donors (Lipinski definition) is 2. The third kappa shape index (κ3) is 2.58. The number of aromatic nitrogens is 1. The minimum Gasteiger partial charge on any atom is -0.477 e. The van der Waals surface area contributed by atoms with E-state index in [9.17, 15) is 18.3 Å². The molecule has 2 heterocycles. The molecule has 1 aliphatic rings. The average molecular weight is 302 g/mol. The summed E-state index contributed by atoms with van der Waals surface area (Å²) in [6.45, 7) is 3.93. The van der Waals surface area contributed by atoms with Crippen LogP contribution in [-0.2, 0) is 16.6 Å². The zero-order valence-corrected chi connectivity index (χ0v) is 12.2. The molecule has 2 rings (SSSR count). The number of aromatic carboxylic acids is 1. The quantitative estimate of drug-likeness (QED) is 0.817. The number of β-amino-alcohol motifs (C(OH)–C–C–N with tert-alkyl or cyclic N) is 1. The van der Waals surface area contributed by atoms with Crippen LogP contribution in [0.3, 0.4) is 0 Å². The lowest BCUT2D eigenvalue weighted by Crippen LogP contribution is -2.61. The van der Waals surface area contributed by atoms with Gasteiger partial charge in [0, 0.05) is 25.8 Å². The number of rotatable bonds is 5. The first-order chi connectivity index (χ1) is 9.17. The minimum atomic E-state index is -3.74. The van der Waals surface area contributed by atoms with Crippen LogP contribution in [0.4, 0.5) is 0 Å². The maximum absolute atomic E-state index is 12.3. The monoisotopic (exact) mass is 302 g/mol. The summed E-state index contributed by atoms with van der Waals surface area (Å²) in [6, 6.07) is 1.17. The van der Waals surface area contributed by atoms with Gasteiger partial charge < -0.3 is 14.8 Å². The molecule has 1 fully saturated rings. The van der Waals surface area contributed by atoms with E-state index >= 15 is 0 Å². The molecule has 1 aromatic heterocycles. The maximum atomic E-state index is 12.3. The molecule has 112 valence electrons. The molecule has 0 amide bonds. The first-order valence-electron chi connectivity index (χ1n) is 6.33. The van der Waals surface area contributed by atoms with Gasteiger partial charge in [0.05, 0.1) is 5.60 Å². The summed E-state index contributed by atoms with van der Waals surface area (Å²) in [5.41, 5.74) is -1.05. The highest BCUT2D eigenvalue weighted by Crippen LogP contribution is 2.28. The third-order valence-electron chi connectivity index (χ3n) is 3.23. The number of hydrogen-bond acceptors (Lipinski definition) is 4. The van der Waals surface area contributed by atoms with E-state index in [1.165, 1.54) is 16.8 Å². The molecule has 7 nitrogen and oxygen atoms in total. The van der Waals surface area contributed by atoms with Gasteiger partial charge in [-0.1, -0.05) is 6.92 Å². The summed E-state index contributed by atoms with van der Waals surface area (Å²) in [5, 5.41) is 18.7. The van der Waals surface area contributed by atoms with E-state index in [0.717, 1.165) is 4.31 Å². The van der Waals surface area contributed by atoms with Crippen molar-refractivity contribution in [1.82, 2.24) is 8.87 Å². The number of carboxylic acids is 1. The SMILES string of the molecule is CCCn1cc(S(=O)(=O)N2CC(C)(O)C2)cc1C(=O)O. The molecule has 1 saturated heterocycles. The standard InChI is InChI=1S/C12H18N2O5S/c1-3-4-13-6-9(5-10(13)11(15)16)20(18,19)14-7-12(2,17)8-14/h5-6,17H,3-4,7-8H2,1-2H3,(H,15,16). The number of sulfonamides is 1. The Balaban J connectivity index is 2.33. The topological polar surface area (TPSA) is 99.8 Å². The number of aliphatic hydroxyl groups is 1. The Morgan fingerprint density at radius 2 is 2.05 bits per heavy atom. The molecule has 0 atom stereocenters. The summed E-state index contributed by atoms with van der Waals surface area (Å²) in [4.78, 5) is 11.1. The van der Waals surface area contributed by atoms with Crippen LogP contribution < -0.4 is 0 Å². The van der Waals surface area contributed by atoms with Crippen molar-refractivity contribution in [2.24, 2.45) is 0 Å². The van der Waals surface area contributed by atoms with Gasteiger partial charge in [0.15, 0.2) is 0 Å². The van der Waals surface area contributed by atoms with Gasteiger partial charge in [-0.3, -0.25) is 0 Å². The van der Waals surface area contributed by atoms with E-state index in [2.05, 4.69) is 0 Å². The fourth-order valence-electron chi connectivity index (χ4n) is 2.26. The smallest absolute Gasteiger partial charge is 0.352 e. The molecule has 1 aromatic rings. The highest BCUT2D eigenvalue weighted by molar-refractivity contribution is 7.89. The van der Waals surface area contributed by atoms with Crippen LogP contribution in [0.25, 0.3) is 0 Å².